The molecule has 0 aromatic carbocycles. The number of likely N-dealkylation sites (N-methyl/N-ethyl adjacent to an activating group) is 1. The summed E-state index contributed by atoms with van der Waals surface area (Å²) >= 11 is 0. The molecule has 0 saturated carbocycles. The minimum absolute atomic E-state index is 0.597. The third kappa shape index (κ3) is 5.43. The summed E-state index contributed by atoms with van der Waals surface area (Å²) in [6.45, 7) is 11.1. The standard InChI is InChI=1S/C17H35N5/c1-3-21-12-6-9-16(21)14-20-17(18)19-10-7-13-22-11-5-4-8-15(22)2/h15-16H,3-14H2,1-2H3,(H3,18,19,20). The summed E-state index contributed by atoms with van der Waals surface area (Å²) in [4.78, 5) is 9.65. The normalized spacial score (nSPS) is 28.2. The number of nitrogens with zero attached hydrogens (tertiary/aromatic N) is 3. The van der Waals surface area contributed by atoms with Crippen molar-refractivity contribution in [2.24, 2.45) is 10.7 Å². The van der Waals surface area contributed by atoms with Crippen LogP contribution in [0.3, 0.4) is 0 Å². The van der Waals surface area contributed by atoms with E-state index < -0.39 is 0 Å². The van der Waals surface area contributed by atoms with E-state index in [9.17, 15) is 0 Å². The van der Waals surface area contributed by atoms with Gasteiger partial charge in [-0.15, -0.1) is 0 Å². The highest BCUT2D eigenvalue weighted by Crippen LogP contribution is 2.17. The van der Waals surface area contributed by atoms with Crippen molar-refractivity contribution >= 4 is 5.96 Å². The fourth-order valence-electron chi connectivity index (χ4n) is 3.77. The molecule has 128 valence electrons. The fraction of sp³-hybridized carbons (Fsp3) is 0.941. The summed E-state index contributed by atoms with van der Waals surface area (Å²) in [6, 6.07) is 1.35. The van der Waals surface area contributed by atoms with Crippen LogP contribution >= 0.6 is 0 Å². The molecular weight excluding hydrogens is 274 g/mol. The van der Waals surface area contributed by atoms with E-state index in [4.69, 9.17) is 5.73 Å². The van der Waals surface area contributed by atoms with E-state index in [1.54, 1.807) is 0 Å². The highest BCUT2D eigenvalue weighted by Gasteiger charge is 2.22. The molecule has 2 atom stereocenters. The number of likely N-dealkylation sites (tertiary alicyclic amines) is 2. The van der Waals surface area contributed by atoms with Crippen molar-refractivity contribution in [2.75, 3.05) is 39.3 Å². The van der Waals surface area contributed by atoms with Crippen molar-refractivity contribution < 1.29 is 0 Å². The lowest BCUT2D eigenvalue weighted by molar-refractivity contribution is 0.159. The van der Waals surface area contributed by atoms with Crippen molar-refractivity contribution in [3.8, 4) is 0 Å². The van der Waals surface area contributed by atoms with Gasteiger partial charge in [-0.1, -0.05) is 13.3 Å². The van der Waals surface area contributed by atoms with Crippen LogP contribution in [0.15, 0.2) is 4.99 Å². The van der Waals surface area contributed by atoms with E-state index in [0.717, 1.165) is 32.1 Å². The van der Waals surface area contributed by atoms with Gasteiger partial charge in [0.15, 0.2) is 5.96 Å². The maximum Gasteiger partial charge on any atom is 0.188 e. The zero-order valence-electron chi connectivity index (χ0n) is 14.6. The largest absolute Gasteiger partial charge is 0.370 e. The molecule has 2 unspecified atom stereocenters. The number of nitrogens with two attached hydrogens (primary N) is 1. The average molecular weight is 310 g/mol. The maximum atomic E-state index is 5.99. The molecule has 0 aromatic rings. The Kier molecular flexibility index (Phi) is 7.46. The van der Waals surface area contributed by atoms with Crippen LogP contribution in [-0.2, 0) is 0 Å². The predicted molar refractivity (Wildman–Crippen MR) is 94.3 cm³/mol. The first-order valence-electron chi connectivity index (χ1n) is 9.22. The van der Waals surface area contributed by atoms with Crippen LogP contribution < -0.4 is 11.1 Å². The minimum atomic E-state index is 0.597. The molecule has 3 N–H and O–H groups in total. The molecule has 0 aliphatic carbocycles. The van der Waals surface area contributed by atoms with Crippen LogP contribution in [0, 0.1) is 0 Å². The minimum Gasteiger partial charge on any atom is -0.370 e. The van der Waals surface area contributed by atoms with E-state index in [-0.39, 0.29) is 0 Å². The third-order valence-corrected chi connectivity index (χ3v) is 5.25. The lowest BCUT2D eigenvalue weighted by Crippen LogP contribution is -2.40. The highest BCUT2D eigenvalue weighted by molar-refractivity contribution is 5.77. The Bertz CT molecular complexity index is 344. The van der Waals surface area contributed by atoms with Crippen molar-refractivity contribution in [3.63, 3.8) is 0 Å². The zero-order valence-corrected chi connectivity index (χ0v) is 14.6. The van der Waals surface area contributed by atoms with Crippen LogP contribution in [0.1, 0.15) is 52.4 Å². The van der Waals surface area contributed by atoms with Gasteiger partial charge in [-0.05, 0) is 58.7 Å². The molecule has 2 heterocycles. The lowest BCUT2D eigenvalue weighted by atomic mass is 10.0. The van der Waals surface area contributed by atoms with Gasteiger partial charge in [0.1, 0.15) is 0 Å². The van der Waals surface area contributed by atoms with Crippen LogP contribution in [0.4, 0.5) is 0 Å². The van der Waals surface area contributed by atoms with E-state index in [1.807, 2.05) is 0 Å². The first-order valence-corrected chi connectivity index (χ1v) is 9.22. The number of piperidine rings is 1. The molecule has 5 nitrogen and oxygen atoms in total. The Hall–Kier alpha value is -0.810. The number of aliphatic imine (C=N–C) groups is 1. The summed E-state index contributed by atoms with van der Waals surface area (Å²) in [5.74, 6) is 0.620. The lowest BCUT2D eigenvalue weighted by Gasteiger charge is -2.33. The second-order valence-electron chi connectivity index (χ2n) is 6.81. The smallest absolute Gasteiger partial charge is 0.188 e. The number of rotatable bonds is 7. The Morgan fingerprint density at radius 3 is 2.77 bits per heavy atom. The first-order chi connectivity index (χ1) is 10.7. The molecule has 22 heavy (non-hydrogen) atoms. The molecule has 0 bridgehead atoms. The van der Waals surface area contributed by atoms with Crippen LogP contribution in [0.2, 0.25) is 0 Å². The maximum absolute atomic E-state index is 5.99. The van der Waals surface area contributed by atoms with Gasteiger partial charge in [0.05, 0.1) is 6.54 Å². The van der Waals surface area contributed by atoms with E-state index in [2.05, 4.69) is 34.0 Å². The molecule has 2 rings (SSSR count). The topological polar surface area (TPSA) is 56.9 Å². The predicted octanol–water partition coefficient (Wildman–Crippen LogP) is 1.64. The Morgan fingerprint density at radius 2 is 2.00 bits per heavy atom. The quantitative estimate of drug-likeness (QED) is 0.426. The molecule has 2 aliphatic heterocycles. The Balaban J connectivity index is 1.58. The zero-order chi connectivity index (χ0) is 15.8. The van der Waals surface area contributed by atoms with Crippen molar-refractivity contribution in [1.82, 2.24) is 15.1 Å². The van der Waals surface area contributed by atoms with Gasteiger partial charge >= 0.3 is 0 Å². The Morgan fingerprint density at radius 1 is 1.18 bits per heavy atom. The Labute approximate surface area is 136 Å². The van der Waals surface area contributed by atoms with E-state index >= 15 is 0 Å². The third-order valence-electron chi connectivity index (χ3n) is 5.25. The SMILES string of the molecule is CCN1CCCC1CN=C(N)NCCCN1CCCCC1C. The summed E-state index contributed by atoms with van der Waals surface area (Å²) in [7, 11) is 0. The van der Waals surface area contributed by atoms with Gasteiger partial charge < -0.3 is 16.0 Å². The molecule has 0 radical (unpaired) electrons. The number of hydrogen-bond donors (Lipinski definition) is 2. The summed E-state index contributed by atoms with van der Waals surface area (Å²) in [5, 5.41) is 3.28. The van der Waals surface area contributed by atoms with E-state index in [0.29, 0.717) is 12.0 Å². The van der Waals surface area contributed by atoms with Gasteiger partial charge in [-0.3, -0.25) is 9.89 Å². The molecule has 5 heteroatoms. The number of nitrogens with one attached hydrogen (secondary N) is 1. The highest BCUT2D eigenvalue weighted by atomic mass is 15.2. The van der Waals surface area contributed by atoms with E-state index in [1.165, 1.54) is 51.7 Å². The van der Waals surface area contributed by atoms with Crippen LogP contribution in [-0.4, -0.2) is 67.1 Å². The number of guanidine groups is 1. The monoisotopic (exact) mass is 309 g/mol. The summed E-state index contributed by atoms with van der Waals surface area (Å²) in [6.07, 6.45) is 7.81. The van der Waals surface area contributed by atoms with Crippen LogP contribution in [0.5, 0.6) is 0 Å². The molecule has 2 aliphatic rings. The molecular formula is C17H35N5. The van der Waals surface area contributed by atoms with Gasteiger partial charge in [0.25, 0.3) is 0 Å². The molecule has 0 aromatic heterocycles. The second kappa shape index (κ2) is 9.36. The molecule has 2 saturated heterocycles. The van der Waals surface area contributed by atoms with Crippen LogP contribution in [0.25, 0.3) is 0 Å². The average Bonchev–Trinajstić information content (AvgIpc) is 2.98. The number of hydrogen-bond acceptors (Lipinski definition) is 3. The second-order valence-corrected chi connectivity index (χ2v) is 6.81. The molecule has 0 spiro atoms. The van der Waals surface area contributed by atoms with Crippen molar-refractivity contribution in [2.45, 2.75) is 64.5 Å². The molecule has 2 fully saturated rings. The van der Waals surface area contributed by atoms with Crippen molar-refractivity contribution in [3.05, 3.63) is 0 Å². The van der Waals surface area contributed by atoms with Gasteiger partial charge in [0.2, 0.25) is 0 Å². The fourth-order valence-corrected chi connectivity index (χ4v) is 3.77. The molecule has 0 amide bonds. The van der Waals surface area contributed by atoms with Gasteiger partial charge in [0, 0.05) is 25.2 Å². The van der Waals surface area contributed by atoms with Gasteiger partial charge in [-0.2, -0.15) is 0 Å². The van der Waals surface area contributed by atoms with Crippen molar-refractivity contribution in [1.29, 1.82) is 0 Å². The van der Waals surface area contributed by atoms with Gasteiger partial charge in [-0.25, -0.2) is 0 Å². The summed E-state index contributed by atoms with van der Waals surface area (Å²) < 4.78 is 0. The first kappa shape index (κ1) is 17.5. The summed E-state index contributed by atoms with van der Waals surface area (Å²) in [5.41, 5.74) is 5.99.